The molecule has 0 aliphatic carbocycles. The number of hydrogen-bond acceptors (Lipinski definition) is 4. The molecule has 0 spiro atoms. The van der Waals surface area contributed by atoms with E-state index < -0.39 is 0 Å². The number of benzene rings is 1. The third-order valence-corrected chi connectivity index (χ3v) is 2.34. The molecule has 0 saturated heterocycles. The van der Waals surface area contributed by atoms with Gasteiger partial charge in [-0.2, -0.15) is 5.10 Å². The fourth-order valence-corrected chi connectivity index (χ4v) is 1.59. The molecule has 0 fully saturated rings. The van der Waals surface area contributed by atoms with Crippen LogP contribution in [0.3, 0.4) is 0 Å². The predicted octanol–water partition coefficient (Wildman–Crippen LogP) is 1.58. The van der Waals surface area contributed by atoms with Crippen molar-refractivity contribution in [3.05, 3.63) is 46.9 Å². The van der Waals surface area contributed by atoms with Crippen LogP contribution >= 0.6 is 0 Å². The van der Waals surface area contributed by atoms with Crippen LogP contribution in [0.15, 0.2) is 45.8 Å². The van der Waals surface area contributed by atoms with E-state index in [0.717, 1.165) is 5.56 Å². The third kappa shape index (κ3) is 1.22. The molecule has 1 aromatic carbocycles. The van der Waals surface area contributed by atoms with Crippen molar-refractivity contribution in [1.29, 1.82) is 0 Å². The van der Waals surface area contributed by atoms with Gasteiger partial charge in [-0.15, -0.1) is 0 Å². The fourth-order valence-electron chi connectivity index (χ4n) is 1.59. The number of nitrogens with one attached hydrogen (secondary N) is 1. The van der Waals surface area contributed by atoms with E-state index in [-0.39, 0.29) is 11.1 Å². The van der Waals surface area contributed by atoms with Gasteiger partial charge >= 0.3 is 5.56 Å². The van der Waals surface area contributed by atoms with Crippen molar-refractivity contribution < 1.29 is 4.52 Å². The summed E-state index contributed by atoms with van der Waals surface area (Å²) in [6, 6.07) is 9.51. The monoisotopic (exact) mass is 213 g/mol. The van der Waals surface area contributed by atoms with Gasteiger partial charge < -0.3 is 4.52 Å². The Morgan fingerprint density at radius 1 is 1.19 bits per heavy atom. The topological polar surface area (TPSA) is 71.8 Å². The van der Waals surface area contributed by atoms with E-state index in [9.17, 15) is 4.79 Å². The largest absolute Gasteiger partial charge is 0.350 e. The van der Waals surface area contributed by atoms with Crippen LogP contribution in [-0.4, -0.2) is 15.4 Å². The first kappa shape index (κ1) is 8.84. The maximum Gasteiger partial charge on any atom is 0.310 e. The summed E-state index contributed by atoms with van der Waals surface area (Å²) in [5.74, 6) is 0. The maximum absolute atomic E-state index is 11.4. The minimum absolute atomic E-state index is 0.203. The van der Waals surface area contributed by atoms with Crippen molar-refractivity contribution in [1.82, 2.24) is 15.4 Å². The first-order valence-corrected chi connectivity index (χ1v) is 4.75. The highest BCUT2D eigenvalue weighted by Crippen LogP contribution is 2.24. The summed E-state index contributed by atoms with van der Waals surface area (Å²) in [6.45, 7) is 0. The SMILES string of the molecule is O=c1[nH]ncc2c(-c3ccccc3)noc12. The van der Waals surface area contributed by atoms with Crippen LogP contribution in [-0.2, 0) is 0 Å². The molecule has 1 N–H and O–H groups in total. The van der Waals surface area contributed by atoms with Crippen LogP contribution in [0.2, 0.25) is 0 Å². The summed E-state index contributed by atoms with van der Waals surface area (Å²) in [7, 11) is 0. The minimum atomic E-state index is -0.368. The number of H-pyrrole nitrogens is 1. The van der Waals surface area contributed by atoms with Gasteiger partial charge in [0, 0.05) is 5.56 Å². The molecule has 0 amide bonds. The van der Waals surface area contributed by atoms with Crippen LogP contribution in [0.5, 0.6) is 0 Å². The molecule has 5 nitrogen and oxygen atoms in total. The second-order valence-corrected chi connectivity index (χ2v) is 3.34. The Balaban J connectivity index is 2.34. The zero-order valence-electron chi connectivity index (χ0n) is 8.18. The normalized spacial score (nSPS) is 10.8. The molecule has 5 heteroatoms. The van der Waals surface area contributed by atoms with E-state index in [4.69, 9.17) is 4.52 Å². The van der Waals surface area contributed by atoms with E-state index in [2.05, 4.69) is 15.4 Å². The number of rotatable bonds is 1. The predicted molar refractivity (Wildman–Crippen MR) is 57.9 cm³/mol. The molecule has 2 heterocycles. The molecule has 0 aliphatic heterocycles. The first-order valence-electron chi connectivity index (χ1n) is 4.75. The highest BCUT2D eigenvalue weighted by Gasteiger charge is 2.12. The Hall–Kier alpha value is -2.43. The molecule has 0 bridgehead atoms. The molecule has 16 heavy (non-hydrogen) atoms. The summed E-state index contributed by atoms with van der Waals surface area (Å²) >= 11 is 0. The van der Waals surface area contributed by atoms with Gasteiger partial charge in [0.1, 0.15) is 5.69 Å². The van der Waals surface area contributed by atoms with E-state index in [1.165, 1.54) is 6.20 Å². The quantitative estimate of drug-likeness (QED) is 0.666. The van der Waals surface area contributed by atoms with Gasteiger partial charge in [-0.25, -0.2) is 5.10 Å². The van der Waals surface area contributed by atoms with Crippen LogP contribution in [0.1, 0.15) is 0 Å². The van der Waals surface area contributed by atoms with Crippen molar-refractivity contribution in [3.8, 4) is 11.3 Å². The highest BCUT2D eigenvalue weighted by molar-refractivity contribution is 5.90. The van der Waals surface area contributed by atoms with Gasteiger partial charge in [0.2, 0.25) is 5.58 Å². The Labute approximate surface area is 89.7 Å². The molecular weight excluding hydrogens is 206 g/mol. The smallest absolute Gasteiger partial charge is 0.310 e. The van der Waals surface area contributed by atoms with Gasteiger partial charge in [-0.1, -0.05) is 35.5 Å². The summed E-state index contributed by atoms with van der Waals surface area (Å²) in [4.78, 5) is 11.4. The van der Waals surface area contributed by atoms with E-state index in [0.29, 0.717) is 11.1 Å². The molecule has 0 aliphatic rings. The van der Waals surface area contributed by atoms with Gasteiger partial charge in [0.15, 0.2) is 0 Å². The molecular formula is C11H7N3O2. The minimum Gasteiger partial charge on any atom is -0.350 e. The third-order valence-electron chi connectivity index (χ3n) is 2.34. The van der Waals surface area contributed by atoms with Crippen LogP contribution < -0.4 is 5.56 Å². The molecule has 3 aromatic rings. The molecule has 78 valence electrons. The summed E-state index contributed by atoms with van der Waals surface area (Å²) in [6.07, 6.45) is 1.54. The lowest BCUT2D eigenvalue weighted by atomic mass is 10.1. The van der Waals surface area contributed by atoms with Crippen molar-refractivity contribution in [2.75, 3.05) is 0 Å². The molecule has 0 atom stereocenters. The van der Waals surface area contributed by atoms with Gasteiger partial charge in [-0.3, -0.25) is 4.79 Å². The Bertz CT molecular complexity index is 685. The molecule has 0 saturated carbocycles. The number of aromatic nitrogens is 3. The summed E-state index contributed by atoms with van der Waals surface area (Å²) in [5, 5.41) is 10.5. The molecule has 2 aromatic heterocycles. The number of nitrogens with zero attached hydrogens (tertiary/aromatic N) is 2. The van der Waals surface area contributed by atoms with Gasteiger partial charge in [0.25, 0.3) is 0 Å². The van der Waals surface area contributed by atoms with Crippen molar-refractivity contribution in [2.24, 2.45) is 0 Å². The summed E-state index contributed by atoms with van der Waals surface area (Å²) in [5.41, 5.74) is 1.36. The fraction of sp³-hybridized carbons (Fsp3) is 0. The van der Waals surface area contributed by atoms with Crippen molar-refractivity contribution in [3.63, 3.8) is 0 Å². The Morgan fingerprint density at radius 2 is 2.00 bits per heavy atom. The van der Waals surface area contributed by atoms with Gasteiger partial charge in [0.05, 0.1) is 11.6 Å². The number of hydrogen-bond donors (Lipinski definition) is 1. The second-order valence-electron chi connectivity index (χ2n) is 3.34. The number of fused-ring (bicyclic) bond motifs is 1. The van der Waals surface area contributed by atoms with E-state index in [1.807, 2.05) is 30.3 Å². The Kier molecular flexibility index (Phi) is 1.83. The summed E-state index contributed by atoms with van der Waals surface area (Å²) < 4.78 is 5.00. The molecule has 0 radical (unpaired) electrons. The average Bonchev–Trinajstić information content (AvgIpc) is 2.75. The van der Waals surface area contributed by atoms with Gasteiger partial charge in [-0.05, 0) is 0 Å². The van der Waals surface area contributed by atoms with Crippen molar-refractivity contribution >= 4 is 11.0 Å². The van der Waals surface area contributed by atoms with Crippen LogP contribution in [0.25, 0.3) is 22.2 Å². The standard InChI is InChI=1S/C11H7N3O2/c15-11-10-8(6-12-13-11)9(14-16-10)7-4-2-1-3-5-7/h1-6H,(H,13,15). The van der Waals surface area contributed by atoms with Crippen LogP contribution in [0.4, 0.5) is 0 Å². The lowest BCUT2D eigenvalue weighted by molar-refractivity contribution is 0.456. The molecule has 3 rings (SSSR count). The van der Waals surface area contributed by atoms with Crippen LogP contribution in [0, 0.1) is 0 Å². The average molecular weight is 213 g/mol. The molecule has 0 unspecified atom stereocenters. The van der Waals surface area contributed by atoms with Crippen molar-refractivity contribution in [2.45, 2.75) is 0 Å². The zero-order chi connectivity index (χ0) is 11.0. The van der Waals surface area contributed by atoms with E-state index in [1.54, 1.807) is 0 Å². The maximum atomic E-state index is 11.4. The second kappa shape index (κ2) is 3.30. The Morgan fingerprint density at radius 3 is 2.81 bits per heavy atom. The first-order chi connectivity index (χ1) is 7.86. The van der Waals surface area contributed by atoms with E-state index >= 15 is 0 Å². The lowest BCUT2D eigenvalue weighted by Crippen LogP contribution is -2.05. The number of aromatic amines is 1. The lowest BCUT2D eigenvalue weighted by Gasteiger charge is -1.93. The zero-order valence-corrected chi connectivity index (χ0v) is 8.18. The highest BCUT2D eigenvalue weighted by atomic mass is 16.5.